The van der Waals surface area contributed by atoms with Crippen LogP contribution in [-0.2, 0) is 19.2 Å². The van der Waals surface area contributed by atoms with Gasteiger partial charge in [-0.3, -0.25) is 29.8 Å². The van der Waals surface area contributed by atoms with E-state index in [1.807, 2.05) is 35.0 Å². The molecule has 2 saturated heterocycles. The predicted octanol–water partition coefficient (Wildman–Crippen LogP) is 1.75. The smallest absolute Gasteiger partial charge is 0.263 e. The molecule has 0 bridgehead atoms. The Kier molecular flexibility index (Phi) is 10.5. The SMILES string of the molecule is N#CC(C#N)=Cc1cccs1.O=C1CC(=O)NC(=S)N1.O=C1NC(=S)NC(=O)C1=Cc1cccs1. The lowest BCUT2D eigenvalue weighted by Crippen LogP contribution is -2.51. The van der Waals surface area contributed by atoms with E-state index in [1.165, 1.54) is 28.7 Å². The second-order valence-electron chi connectivity index (χ2n) is 6.21. The number of nitrogens with zero attached hydrogens (tertiary/aromatic N) is 2. The van der Waals surface area contributed by atoms with Gasteiger partial charge in [0.05, 0.1) is 0 Å². The number of hydrogen-bond donors (Lipinski definition) is 4. The average Bonchev–Trinajstić information content (AvgIpc) is 3.49. The molecule has 4 N–H and O–H groups in total. The number of hydrogen-bond acceptors (Lipinski definition) is 10. The van der Waals surface area contributed by atoms with Crippen molar-refractivity contribution in [1.29, 1.82) is 10.5 Å². The number of amides is 4. The maximum Gasteiger partial charge on any atom is 0.263 e. The predicted molar refractivity (Wildman–Crippen MR) is 138 cm³/mol. The van der Waals surface area contributed by atoms with Gasteiger partial charge < -0.3 is 10.6 Å². The van der Waals surface area contributed by atoms with E-state index in [2.05, 4.69) is 45.7 Å². The van der Waals surface area contributed by atoms with Crippen LogP contribution in [0.1, 0.15) is 16.2 Å². The van der Waals surface area contributed by atoms with Crippen molar-refractivity contribution in [3.05, 3.63) is 55.9 Å². The van der Waals surface area contributed by atoms with Crippen LogP contribution in [0.4, 0.5) is 0 Å². The van der Waals surface area contributed by atoms with Gasteiger partial charge in [0, 0.05) is 9.75 Å². The van der Waals surface area contributed by atoms with Crippen LogP contribution in [0, 0.1) is 22.7 Å². The summed E-state index contributed by atoms with van der Waals surface area (Å²) in [7, 11) is 0. The Morgan fingerprint density at radius 3 is 1.74 bits per heavy atom. The molecule has 0 radical (unpaired) electrons. The molecule has 0 atom stereocenters. The summed E-state index contributed by atoms with van der Waals surface area (Å²) in [5.74, 6) is -1.61. The van der Waals surface area contributed by atoms with Crippen molar-refractivity contribution in [3.8, 4) is 12.1 Å². The van der Waals surface area contributed by atoms with Crippen molar-refractivity contribution in [3.63, 3.8) is 0 Å². The first-order valence-electron chi connectivity index (χ1n) is 9.32. The molecule has 2 fully saturated rings. The summed E-state index contributed by atoms with van der Waals surface area (Å²) in [5, 5.41) is 30.0. The van der Waals surface area contributed by atoms with Crippen LogP contribution in [0.5, 0.6) is 0 Å². The zero-order valence-electron chi connectivity index (χ0n) is 17.5. The first-order valence-corrected chi connectivity index (χ1v) is 11.9. The van der Waals surface area contributed by atoms with E-state index in [9.17, 15) is 19.2 Å². The highest BCUT2D eigenvalue weighted by atomic mass is 32.1. The fourth-order valence-electron chi connectivity index (χ4n) is 2.25. The van der Waals surface area contributed by atoms with Crippen LogP contribution in [0.25, 0.3) is 12.2 Å². The Labute approximate surface area is 217 Å². The van der Waals surface area contributed by atoms with E-state index in [-0.39, 0.29) is 39.6 Å². The van der Waals surface area contributed by atoms with Crippen LogP contribution in [0.3, 0.4) is 0 Å². The Balaban J connectivity index is 0.000000193. The molecule has 0 aromatic carbocycles. The Bertz CT molecular complexity index is 1210. The van der Waals surface area contributed by atoms with Gasteiger partial charge in [0.25, 0.3) is 11.8 Å². The van der Waals surface area contributed by atoms with Crippen LogP contribution in [0.2, 0.25) is 0 Å². The maximum atomic E-state index is 11.4. The van der Waals surface area contributed by atoms with Gasteiger partial charge in [-0.05, 0) is 59.5 Å². The fraction of sp³-hybridized carbons (Fsp3) is 0.0476. The number of thiocarbonyl (C=S) groups is 2. The summed E-state index contributed by atoms with van der Waals surface area (Å²) < 4.78 is 0. The third kappa shape index (κ3) is 9.36. The first-order chi connectivity index (χ1) is 16.7. The molecule has 176 valence electrons. The van der Waals surface area contributed by atoms with Gasteiger partial charge in [-0.25, -0.2) is 0 Å². The van der Waals surface area contributed by atoms with Crippen molar-refractivity contribution in [1.82, 2.24) is 21.3 Å². The minimum absolute atomic E-state index is 0.0494. The van der Waals surface area contributed by atoms with Crippen molar-refractivity contribution in [2.75, 3.05) is 0 Å². The second-order valence-corrected chi connectivity index (χ2v) is 8.99. The van der Waals surface area contributed by atoms with Gasteiger partial charge in [0.2, 0.25) is 11.8 Å². The lowest BCUT2D eigenvalue weighted by atomic mass is 10.2. The van der Waals surface area contributed by atoms with Crippen molar-refractivity contribution < 1.29 is 19.2 Å². The molecule has 4 heterocycles. The quantitative estimate of drug-likeness (QED) is 0.147. The van der Waals surface area contributed by atoms with Crippen LogP contribution in [0.15, 0.2) is 46.2 Å². The van der Waals surface area contributed by atoms with E-state index in [0.29, 0.717) is 0 Å². The maximum absolute atomic E-state index is 11.4. The summed E-state index contributed by atoms with van der Waals surface area (Å²) in [4.78, 5) is 45.5. The van der Waals surface area contributed by atoms with Gasteiger partial charge in [-0.15, -0.1) is 22.7 Å². The summed E-state index contributed by atoms with van der Waals surface area (Å²) in [5.41, 5.74) is 0.221. The largest absolute Gasteiger partial charge is 0.302 e. The first kappa shape index (κ1) is 27.2. The third-order valence-corrected chi connectivity index (χ3v) is 5.72. The lowest BCUT2D eigenvalue weighted by Gasteiger charge is -2.15. The molecular weight excluding hydrogens is 529 g/mol. The number of allylic oxidation sites excluding steroid dienone is 1. The topological polar surface area (TPSA) is 164 Å². The fourth-order valence-corrected chi connectivity index (χ4v) is 3.97. The van der Waals surface area contributed by atoms with E-state index >= 15 is 0 Å². The van der Waals surface area contributed by atoms with Crippen molar-refractivity contribution in [2.24, 2.45) is 0 Å². The summed E-state index contributed by atoms with van der Waals surface area (Å²) in [6.45, 7) is 0. The van der Waals surface area contributed by atoms with Crippen LogP contribution < -0.4 is 21.3 Å². The lowest BCUT2D eigenvalue weighted by molar-refractivity contribution is -0.129. The minimum atomic E-state index is -0.461. The Hall–Kier alpha value is -4.08. The number of carbonyl (C=O) groups is 4. The molecule has 0 spiro atoms. The molecule has 2 aromatic rings. The molecule has 0 saturated carbocycles. The number of carbonyl (C=O) groups excluding carboxylic acids is 4. The monoisotopic (exact) mass is 542 g/mol. The van der Waals surface area contributed by atoms with E-state index in [1.54, 1.807) is 18.2 Å². The minimum Gasteiger partial charge on any atom is -0.302 e. The van der Waals surface area contributed by atoms with Crippen molar-refractivity contribution >= 4 is 93.1 Å². The highest BCUT2D eigenvalue weighted by Gasteiger charge is 2.25. The highest BCUT2D eigenvalue weighted by Crippen LogP contribution is 2.15. The second kappa shape index (κ2) is 13.6. The molecule has 2 aliphatic rings. The molecule has 0 aliphatic carbocycles. The Morgan fingerprint density at radius 2 is 1.31 bits per heavy atom. The van der Waals surface area contributed by atoms with E-state index in [0.717, 1.165) is 9.75 Å². The van der Waals surface area contributed by atoms with Crippen LogP contribution in [-0.4, -0.2) is 33.9 Å². The van der Waals surface area contributed by atoms with Gasteiger partial charge in [0.1, 0.15) is 29.7 Å². The summed E-state index contributed by atoms with van der Waals surface area (Å²) in [6.07, 6.45) is 2.99. The zero-order chi connectivity index (χ0) is 25.8. The molecule has 14 heteroatoms. The molecular formula is C21H14N6O4S4. The number of nitriles is 2. The van der Waals surface area contributed by atoms with Gasteiger partial charge in [-0.1, -0.05) is 12.1 Å². The van der Waals surface area contributed by atoms with Gasteiger partial charge in [0.15, 0.2) is 10.2 Å². The third-order valence-electron chi connectivity index (χ3n) is 3.67. The summed E-state index contributed by atoms with van der Waals surface area (Å²) >= 11 is 12.1. The number of thiophene rings is 2. The standard InChI is InChI=1S/C9H6N2O2S2.C8H4N2S.C4H4N2O2S/c12-7-6(4-5-2-1-3-15-5)8(13)11-9(14)10-7;9-5-7(6-10)4-8-2-1-3-11-8;7-2-1-3(8)6-4(9)5-2/h1-4H,(H2,10,11,12,13,14);1-4H;1H2,(H2,5,6,7,8,9). The molecule has 4 amide bonds. The number of rotatable bonds is 2. The van der Waals surface area contributed by atoms with Crippen molar-refractivity contribution in [2.45, 2.75) is 6.42 Å². The number of nitrogens with one attached hydrogen (secondary N) is 4. The molecule has 2 aliphatic heterocycles. The zero-order valence-corrected chi connectivity index (χ0v) is 20.8. The molecule has 4 rings (SSSR count). The van der Waals surface area contributed by atoms with E-state index in [4.69, 9.17) is 10.5 Å². The average molecular weight is 543 g/mol. The van der Waals surface area contributed by atoms with Gasteiger partial charge in [-0.2, -0.15) is 10.5 Å². The molecule has 10 nitrogen and oxygen atoms in total. The van der Waals surface area contributed by atoms with E-state index < -0.39 is 11.8 Å². The highest BCUT2D eigenvalue weighted by molar-refractivity contribution is 7.80. The molecule has 2 aromatic heterocycles. The summed E-state index contributed by atoms with van der Waals surface area (Å²) in [6, 6.07) is 11.0. The molecule has 0 unspecified atom stereocenters. The van der Waals surface area contributed by atoms with Gasteiger partial charge >= 0.3 is 0 Å². The molecule has 35 heavy (non-hydrogen) atoms. The Morgan fingerprint density at radius 1 is 0.829 bits per heavy atom. The van der Waals surface area contributed by atoms with Crippen LogP contribution >= 0.6 is 47.1 Å². The normalized spacial score (nSPS) is 14.2.